The maximum Gasteiger partial charge on any atom is 0.216 e. The molecule has 6 nitrogen and oxygen atoms in total. The Morgan fingerprint density at radius 2 is 1.62 bits per heavy atom. The summed E-state index contributed by atoms with van der Waals surface area (Å²) in [6, 6.07) is 34.0. The lowest BCUT2D eigenvalue weighted by atomic mass is 10.1. The van der Waals surface area contributed by atoms with Crippen LogP contribution in [0.5, 0.6) is 5.75 Å². The van der Waals surface area contributed by atoms with Gasteiger partial charge in [-0.2, -0.15) is 10.4 Å². The summed E-state index contributed by atoms with van der Waals surface area (Å²) < 4.78 is 34.1. The second kappa shape index (κ2) is 11.4. The SMILES string of the molecule is N#CC(=Cc1cn(-c2ccccc2)nc1-c1cccc(OCc2ccccc2Cl)c1)S(=O)(=O)c1ccccc1. The van der Waals surface area contributed by atoms with Crippen molar-refractivity contribution in [2.45, 2.75) is 11.5 Å². The van der Waals surface area contributed by atoms with Crippen LogP contribution < -0.4 is 4.74 Å². The summed E-state index contributed by atoms with van der Waals surface area (Å²) in [5.41, 5.74) is 3.30. The van der Waals surface area contributed by atoms with Crippen LogP contribution in [-0.2, 0) is 16.4 Å². The Hall–Kier alpha value is -4.64. The van der Waals surface area contributed by atoms with Gasteiger partial charge in [-0.05, 0) is 48.5 Å². The van der Waals surface area contributed by atoms with Crippen LogP contribution in [0.15, 0.2) is 125 Å². The Bertz CT molecular complexity index is 1790. The first-order valence-corrected chi connectivity index (χ1v) is 13.9. The maximum atomic E-state index is 13.2. The molecule has 0 radical (unpaired) electrons. The minimum Gasteiger partial charge on any atom is -0.489 e. The van der Waals surface area contributed by atoms with Crippen LogP contribution in [0.4, 0.5) is 0 Å². The quantitative estimate of drug-likeness (QED) is 0.192. The van der Waals surface area contributed by atoms with Crippen molar-refractivity contribution in [2.24, 2.45) is 0 Å². The number of para-hydroxylation sites is 1. The number of sulfone groups is 1. The van der Waals surface area contributed by atoms with Crippen LogP contribution in [0.2, 0.25) is 5.02 Å². The number of rotatable bonds is 8. The van der Waals surface area contributed by atoms with E-state index >= 15 is 0 Å². The van der Waals surface area contributed by atoms with Crippen LogP contribution in [0.3, 0.4) is 0 Å². The van der Waals surface area contributed by atoms with Gasteiger partial charge in [-0.15, -0.1) is 0 Å². The first kappa shape index (κ1) is 26.0. The minimum atomic E-state index is -4.03. The van der Waals surface area contributed by atoms with E-state index in [1.807, 2.05) is 84.9 Å². The number of hydrogen-bond donors (Lipinski definition) is 0. The van der Waals surface area contributed by atoms with E-state index in [9.17, 15) is 13.7 Å². The van der Waals surface area contributed by atoms with Crippen molar-refractivity contribution < 1.29 is 13.2 Å². The maximum absolute atomic E-state index is 13.2. The Morgan fingerprint density at radius 3 is 2.33 bits per heavy atom. The Kier molecular flexibility index (Phi) is 7.60. The van der Waals surface area contributed by atoms with Crippen molar-refractivity contribution in [3.63, 3.8) is 0 Å². The fourth-order valence-electron chi connectivity index (χ4n) is 3.98. The average Bonchev–Trinajstić information content (AvgIpc) is 3.40. The third kappa shape index (κ3) is 5.78. The first-order valence-electron chi connectivity index (χ1n) is 12.0. The number of nitriles is 1. The standard InChI is InChI=1S/C31H22ClN3O3S/c32-30-17-8-7-10-24(30)22-38-27-14-9-11-23(18-27)31-25(21-35(34-31)26-12-3-1-4-13-26)19-29(20-33)39(36,37)28-15-5-2-6-16-28/h1-19,21H,22H2. The van der Waals surface area contributed by atoms with Crippen molar-refractivity contribution >= 4 is 27.5 Å². The zero-order chi connectivity index (χ0) is 27.2. The molecule has 5 rings (SSSR count). The Labute approximate surface area is 231 Å². The number of halogens is 1. The molecule has 0 aliphatic carbocycles. The van der Waals surface area contributed by atoms with E-state index in [4.69, 9.17) is 21.4 Å². The predicted octanol–water partition coefficient (Wildman–Crippen LogP) is 7.11. The lowest BCUT2D eigenvalue weighted by molar-refractivity contribution is 0.306. The van der Waals surface area contributed by atoms with Gasteiger partial charge in [-0.25, -0.2) is 13.1 Å². The van der Waals surface area contributed by atoms with Crippen molar-refractivity contribution in [3.8, 4) is 28.8 Å². The Morgan fingerprint density at radius 1 is 0.923 bits per heavy atom. The smallest absolute Gasteiger partial charge is 0.216 e. The molecule has 0 N–H and O–H groups in total. The molecule has 0 aliphatic rings. The van der Waals surface area contributed by atoms with Gasteiger partial charge in [0.05, 0.1) is 10.6 Å². The highest BCUT2D eigenvalue weighted by Gasteiger charge is 2.22. The van der Waals surface area contributed by atoms with Crippen molar-refractivity contribution in [1.82, 2.24) is 9.78 Å². The molecule has 0 saturated carbocycles. The zero-order valence-electron chi connectivity index (χ0n) is 20.6. The summed E-state index contributed by atoms with van der Waals surface area (Å²) in [4.78, 5) is -0.335. The molecule has 39 heavy (non-hydrogen) atoms. The number of allylic oxidation sites excluding steroid dienone is 1. The largest absolute Gasteiger partial charge is 0.489 e. The summed E-state index contributed by atoms with van der Waals surface area (Å²) in [6.45, 7) is 0.280. The molecule has 0 aliphatic heterocycles. The lowest BCUT2D eigenvalue weighted by Crippen LogP contribution is -2.03. The van der Waals surface area contributed by atoms with Crippen LogP contribution in [0.25, 0.3) is 23.0 Å². The van der Waals surface area contributed by atoms with E-state index in [-0.39, 0.29) is 16.4 Å². The van der Waals surface area contributed by atoms with E-state index < -0.39 is 9.84 Å². The van der Waals surface area contributed by atoms with E-state index in [1.54, 1.807) is 29.1 Å². The molecule has 8 heteroatoms. The van der Waals surface area contributed by atoms with E-state index in [1.165, 1.54) is 18.2 Å². The molecule has 0 spiro atoms. The van der Waals surface area contributed by atoms with Crippen molar-refractivity contribution in [3.05, 3.63) is 136 Å². The first-order chi connectivity index (χ1) is 19.0. The molecular weight excluding hydrogens is 530 g/mol. The second-order valence-corrected chi connectivity index (χ2v) is 10.9. The molecule has 0 fully saturated rings. The van der Waals surface area contributed by atoms with Crippen LogP contribution >= 0.6 is 11.6 Å². The minimum absolute atomic E-state index is 0.0461. The predicted molar refractivity (Wildman–Crippen MR) is 152 cm³/mol. The normalized spacial score (nSPS) is 11.6. The number of hydrogen-bond acceptors (Lipinski definition) is 5. The second-order valence-electron chi connectivity index (χ2n) is 8.56. The fraction of sp³-hybridized carbons (Fsp3) is 0.0323. The highest BCUT2D eigenvalue weighted by atomic mass is 35.5. The van der Waals surface area contributed by atoms with Gasteiger partial charge in [0.2, 0.25) is 9.84 Å². The molecule has 1 heterocycles. The molecule has 0 atom stereocenters. The van der Waals surface area contributed by atoms with Gasteiger partial charge < -0.3 is 4.74 Å². The summed E-state index contributed by atoms with van der Waals surface area (Å²) in [5, 5.41) is 15.2. The topological polar surface area (TPSA) is 85.0 Å². The van der Waals surface area contributed by atoms with Crippen LogP contribution in [0.1, 0.15) is 11.1 Å². The number of nitrogens with zero attached hydrogens (tertiary/aromatic N) is 3. The molecule has 0 amide bonds. The number of aromatic nitrogens is 2. The molecule has 5 aromatic rings. The van der Waals surface area contributed by atoms with Gasteiger partial charge in [0.25, 0.3) is 0 Å². The molecule has 4 aromatic carbocycles. The number of benzene rings is 4. The summed E-state index contributed by atoms with van der Waals surface area (Å²) >= 11 is 6.27. The van der Waals surface area contributed by atoms with Gasteiger partial charge in [0.15, 0.2) is 0 Å². The summed E-state index contributed by atoms with van der Waals surface area (Å²) in [5.74, 6) is 0.592. The van der Waals surface area contributed by atoms with Crippen LogP contribution in [0, 0.1) is 11.3 Å². The third-order valence-electron chi connectivity index (χ3n) is 5.96. The third-order valence-corrected chi connectivity index (χ3v) is 8.01. The molecule has 0 bridgehead atoms. The monoisotopic (exact) mass is 551 g/mol. The average molecular weight is 552 g/mol. The van der Waals surface area contributed by atoms with E-state index in [2.05, 4.69) is 0 Å². The van der Waals surface area contributed by atoms with Gasteiger partial charge in [0, 0.05) is 27.9 Å². The highest BCUT2D eigenvalue weighted by molar-refractivity contribution is 7.95. The summed E-state index contributed by atoms with van der Waals surface area (Å²) in [6.07, 6.45) is 3.07. The van der Waals surface area contributed by atoms with Gasteiger partial charge in [0.1, 0.15) is 29.0 Å². The highest BCUT2D eigenvalue weighted by Crippen LogP contribution is 2.31. The fourth-order valence-corrected chi connectivity index (χ4v) is 5.34. The van der Waals surface area contributed by atoms with E-state index in [0.29, 0.717) is 27.6 Å². The van der Waals surface area contributed by atoms with Gasteiger partial charge in [-0.1, -0.05) is 78.3 Å². The van der Waals surface area contributed by atoms with E-state index in [0.717, 1.165) is 11.3 Å². The van der Waals surface area contributed by atoms with Crippen molar-refractivity contribution in [2.75, 3.05) is 0 Å². The molecule has 0 saturated heterocycles. The van der Waals surface area contributed by atoms with Gasteiger partial charge in [-0.3, -0.25) is 0 Å². The van der Waals surface area contributed by atoms with Gasteiger partial charge >= 0.3 is 0 Å². The summed E-state index contributed by atoms with van der Waals surface area (Å²) in [7, 11) is -4.03. The molecule has 1 aromatic heterocycles. The zero-order valence-corrected chi connectivity index (χ0v) is 22.2. The molecule has 0 unspecified atom stereocenters. The Balaban J connectivity index is 1.57. The number of ether oxygens (including phenoxy) is 1. The molecule has 192 valence electrons. The van der Waals surface area contributed by atoms with Crippen molar-refractivity contribution in [1.29, 1.82) is 5.26 Å². The lowest BCUT2D eigenvalue weighted by Gasteiger charge is -2.09. The molecular formula is C31H22ClN3O3S. The van der Waals surface area contributed by atoms with Crippen LogP contribution in [-0.4, -0.2) is 18.2 Å².